The molecule has 3 fully saturated rings. The van der Waals surface area contributed by atoms with Crippen LogP contribution in [-0.4, -0.2) is 60.1 Å². The molecule has 2 N–H and O–H groups in total. The highest BCUT2D eigenvalue weighted by Gasteiger charge is 2.66. The number of benzene rings is 1. The molecule has 2 saturated heterocycles. The number of phenols is 1. The zero-order valence-corrected chi connectivity index (χ0v) is 20.0. The molecule has 0 unspecified atom stereocenters. The second-order valence-corrected chi connectivity index (χ2v) is 9.76. The largest absolute Gasteiger partial charge is 0.504 e. The second-order valence-electron chi connectivity index (χ2n) is 8.60. The highest BCUT2D eigenvalue weighted by atomic mass is 127. The Balaban J connectivity index is 1.72. The van der Waals surface area contributed by atoms with Gasteiger partial charge in [-0.05, 0) is 59.5 Å². The Morgan fingerprint density at radius 3 is 2.65 bits per heavy atom. The summed E-state index contributed by atoms with van der Waals surface area (Å²) in [4.78, 5) is 27.5. The van der Waals surface area contributed by atoms with E-state index in [0.29, 0.717) is 35.1 Å². The minimum atomic E-state index is -1.57. The lowest BCUT2D eigenvalue weighted by Crippen LogP contribution is -2.54. The van der Waals surface area contributed by atoms with E-state index >= 15 is 0 Å². The summed E-state index contributed by atoms with van der Waals surface area (Å²) in [5, 5.41) is 21.9. The highest BCUT2D eigenvalue weighted by molar-refractivity contribution is 14.1. The fourth-order valence-electron chi connectivity index (χ4n) is 5.53. The molecular weight excluding hydrogens is 517 g/mol. The maximum Gasteiger partial charge on any atom is 0.233 e. The van der Waals surface area contributed by atoms with Crippen molar-refractivity contribution < 1.29 is 34.0 Å². The number of phenolic OH excluding ortho intramolecular Hbond substituents is 1. The van der Waals surface area contributed by atoms with Gasteiger partial charge in [-0.2, -0.15) is 0 Å². The number of nitrogens with zero attached hydrogens (tertiary/aromatic N) is 1. The molecule has 1 aliphatic carbocycles. The maximum atomic E-state index is 13.2. The van der Waals surface area contributed by atoms with E-state index in [1.54, 1.807) is 19.2 Å². The zero-order valence-electron chi connectivity index (χ0n) is 17.8. The number of hydrogen-bond acceptors (Lipinski definition) is 7. The van der Waals surface area contributed by atoms with Crippen LogP contribution in [0.5, 0.6) is 11.5 Å². The average molecular weight is 545 g/mol. The molecule has 8 nitrogen and oxygen atoms in total. The van der Waals surface area contributed by atoms with Gasteiger partial charge in [0.25, 0.3) is 0 Å². The summed E-state index contributed by atoms with van der Waals surface area (Å²) in [5.41, 5.74) is 0.747. The quantitative estimate of drug-likeness (QED) is 0.418. The number of imide groups is 1. The minimum absolute atomic E-state index is 0.0464. The fraction of sp³-hybridized carbons (Fsp3) is 0.636. The van der Waals surface area contributed by atoms with Crippen molar-refractivity contribution in [3.63, 3.8) is 0 Å². The summed E-state index contributed by atoms with van der Waals surface area (Å²) >= 11 is 2.02. The van der Waals surface area contributed by atoms with Crippen LogP contribution in [0.4, 0.5) is 0 Å². The molecule has 2 amide bonds. The summed E-state index contributed by atoms with van der Waals surface area (Å²) in [5.74, 6) is -3.57. The van der Waals surface area contributed by atoms with E-state index in [1.807, 2.05) is 29.5 Å². The Morgan fingerprint density at radius 2 is 2.00 bits per heavy atom. The predicted molar refractivity (Wildman–Crippen MR) is 118 cm³/mol. The number of rotatable bonds is 6. The SMILES string of the molecule is CCCN1C(=O)[C@H]2[C@H](C[C@H](COC)[C@@]3(O)O[C@H](c4cc(I)c(O)c(OC)c4)C[C@@H]23)C1=O. The number of aliphatic hydroxyl groups is 1. The predicted octanol–water partition coefficient (Wildman–Crippen LogP) is 2.45. The molecule has 4 rings (SSSR count). The number of hydrogen-bond donors (Lipinski definition) is 2. The first-order valence-corrected chi connectivity index (χ1v) is 11.6. The van der Waals surface area contributed by atoms with Crippen LogP contribution in [0.1, 0.15) is 37.9 Å². The van der Waals surface area contributed by atoms with Crippen LogP contribution in [0, 0.1) is 27.2 Å². The van der Waals surface area contributed by atoms with E-state index in [1.165, 1.54) is 12.0 Å². The standard InChI is InChI=1S/C22H28INO7/c1-4-5-24-20(26)13-8-12(10-29-2)22(28)14(18(13)21(24)27)9-16(31-22)11-6-15(23)19(25)17(7-11)30-3/h6-7,12-14,16,18,25,28H,4-5,8-10H2,1-3H3/t12-,13+,14+,16+,18+,22-/m1/s1. The van der Waals surface area contributed by atoms with Gasteiger partial charge in [-0.15, -0.1) is 0 Å². The number of halogens is 1. The smallest absolute Gasteiger partial charge is 0.233 e. The monoisotopic (exact) mass is 545 g/mol. The molecule has 9 heteroatoms. The lowest BCUT2D eigenvalue weighted by Gasteiger charge is -2.44. The Morgan fingerprint density at radius 1 is 1.26 bits per heavy atom. The number of amides is 2. The number of methoxy groups -OCH3 is 2. The van der Waals surface area contributed by atoms with Crippen molar-refractivity contribution in [2.24, 2.45) is 23.7 Å². The summed E-state index contributed by atoms with van der Waals surface area (Å²) in [6.07, 6.45) is 0.928. The molecule has 3 aliphatic rings. The van der Waals surface area contributed by atoms with Crippen LogP contribution in [0.25, 0.3) is 0 Å². The molecule has 0 aromatic heterocycles. The van der Waals surface area contributed by atoms with Crippen LogP contribution in [0.3, 0.4) is 0 Å². The third kappa shape index (κ3) is 3.53. The van der Waals surface area contributed by atoms with Crippen LogP contribution in [-0.2, 0) is 19.1 Å². The van der Waals surface area contributed by atoms with E-state index in [2.05, 4.69) is 0 Å². The van der Waals surface area contributed by atoms with Crippen molar-refractivity contribution in [2.45, 2.75) is 38.1 Å². The van der Waals surface area contributed by atoms with Crippen LogP contribution in [0.2, 0.25) is 0 Å². The van der Waals surface area contributed by atoms with Crippen LogP contribution < -0.4 is 4.74 Å². The van der Waals surface area contributed by atoms with Crippen molar-refractivity contribution in [1.29, 1.82) is 0 Å². The van der Waals surface area contributed by atoms with E-state index in [9.17, 15) is 19.8 Å². The van der Waals surface area contributed by atoms with Gasteiger partial charge >= 0.3 is 0 Å². The topological polar surface area (TPSA) is 106 Å². The van der Waals surface area contributed by atoms with Gasteiger partial charge in [0.2, 0.25) is 11.8 Å². The van der Waals surface area contributed by atoms with Crippen molar-refractivity contribution >= 4 is 34.4 Å². The van der Waals surface area contributed by atoms with E-state index in [0.717, 1.165) is 5.56 Å². The van der Waals surface area contributed by atoms with E-state index in [-0.39, 0.29) is 24.2 Å². The van der Waals surface area contributed by atoms with Crippen molar-refractivity contribution in [2.75, 3.05) is 27.4 Å². The van der Waals surface area contributed by atoms with Gasteiger partial charge in [-0.1, -0.05) is 6.92 Å². The molecule has 1 saturated carbocycles. The summed E-state index contributed by atoms with van der Waals surface area (Å²) in [7, 11) is 3.02. The third-order valence-electron chi connectivity index (χ3n) is 6.91. The fourth-order valence-corrected chi connectivity index (χ4v) is 6.15. The average Bonchev–Trinajstić information content (AvgIpc) is 3.21. The number of carbonyl (C=O) groups is 2. The first-order valence-electron chi connectivity index (χ1n) is 10.6. The Labute approximate surface area is 195 Å². The molecule has 170 valence electrons. The first kappa shape index (κ1) is 22.8. The highest BCUT2D eigenvalue weighted by Crippen LogP contribution is 2.58. The molecule has 0 spiro atoms. The Kier molecular flexibility index (Phi) is 6.23. The lowest BCUT2D eigenvalue weighted by molar-refractivity contribution is -0.275. The minimum Gasteiger partial charge on any atom is -0.504 e. The number of ether oxygens (including phenoxy) is 3. The summed E-state index contributed by atoms with van der Waals surface area (Å²) < 4.78 is 17.5. The molecule has 0 radical (unpaired) electrons. The van der Waals surface area contributed by atoms with Gasteiger partial charge in [-0.25, -0.2) is 0 Å². The van der Waals surface area contributed by atoms with Crippen molar-refractivity contribution in [3.05, 3.63) is 21.3 Å². The van der Waals surface area contributed by atoms with Gasteiger partial charge in [0.1, 0.15) is 0 Å². The molecule has 31 heavy (non-hydrogen) atoms. The molecule has 1 aromatic carbocycles. The number of aromatic hydroxyl groups is 1. The zero-order chi connectivity index (χ0) is 22.5. The van der Waals surface area contributed by atoms with Gasteiger partial charge in [0.15, 0.2) is 17.3 Å². The summed E-state index contributed by atoms with van der Waals surface area (Å²) in [6, 6.07) is 3.48. The van der Waals surface area contributed by atoms with Crippen LogP contribution >= 0.6 is 22.6 Å². The van der Waals surface area contributed by atoms with E-state index < -0.39 is 35.6 Å². The van der Waals surface area contributed by atoms with Crippen molar-refractivity contribution in [1.82, 2.24) is 4.90 Å². The Hall–Kier alpha value is -1.43. The van der Waals surface area contributed by atoms with Gasteiger partial charge in [0.05, 0.1) is 35.2 Å². The molecule has 2 heterocycles. The van der Waals surface area contributed by atoms with Crippen LogP contribution in [0.15, 0.2) is 12.1 Å². The molecular formula is C22H28INO7. The number of fused-ring (bicyclic) bond motifs is 3. The van der Waals surface area contributed by atoms with Crippen molar-refractivity contribution in [3.8, 4) is 11.5 Å². The third-order valence-corrected chi connectivity index (χ3v) is 7.73. The van der Waals surface area contributed by atoms with Gasteiger partial charge < -0.3 is 24.4 Å². The van der Waals surface area contributed by atoms with Gasteiger partial charge in [0, 0.05) is 25.5 Å². The lowest BCUT2D eigenvalue weighted by atomic mass is 9.64. The number of carbonyl (C=O) groups excluding carboxylic acids is 2. The first-order chi connectivity index (χ1) is 14.8. The molecule has 2 aliphatic heterocycles. The molecule has 6 atom stereocenters. The second kappa shape index (κ2) is 8.49. The maximum absolute atomic E-state index is 13.2. The molecule has 1 aromatic rings. The van der Waals surface area contributed by atoms with E-state index in [4.69, 9.17) is 14.2 Å². The number of likely N-dealkylation sites (tertiary alicyclic amines) is 1. The normalized spacial score (nSPS) is 34.7. The summed E-state index contributed by atoms with van der Waals surface area (Å²) in [6.45, 7) is 2.55. The Bertz CT molecular complexity index is 893. The van der Waals surface area contributed by atoms with Gasteiger partial charge in [-0.3, -0.25) is 14.5 Å². The molecule has 0 bridgehead atoms.